The van der Waals surface area contributed by atoms with Gasteiger partial charge in [-0.25, -0.2) is 4.98 Å². The number of carboxylic acid groups (broad SMARTS) is 1. The predicted molar refractivity (Wildman–Crippen MR) is 56.3 cm³/mol. The molecule has 0 spiro atoms. The average molecular weight is 214 g/mol. The summed E-state index contributed by atoms with van der Waals surface area (Å²) >= 11 is 1.63. The number of hydrogen-bond donors (Lipinski definition) is 1. The van der Waals surface area contributed by atoms with Gasteiger partial charge in [0.05, 0.1) is 12.7 Å². The van der Waals surface area contributed by atoms with E-state index in [-0.39, 0.29) is 6.42 Å². The summed E-state index contributed by atoms with van der Waals surface area (Å²) in [6.07, 6.45) is 3.86. The van der Waals surface area contributed by atoms with Crippen LogP contribution in [-0.4, -0.2) is 26.4 Å². The first-order valence-corrected chi connectivity index (χ1v) is 5.68. The number of aromatic nitrogens is 2. The molecule has 1 aromatic heterocycles. The van der Waals surface area contributed by atoms with Crippen LogP contribution in [0.3, 0.4) is 0 Å². The first kappa shape index (κ1) is 11.1. The minimum Gasteiger partial charge on any atom is -0.481 e. The topological polar surface area (TPSA) is 55.1 Å². The van der Waals surface area contributed by atoms with Crippen LogP contribution in [0.1, 0.15) is 19.0 Å². The van der Waals surface area contributed by atoms with Crippen molar-refractivity contribution in [2.24, 2.45) is 0 Å². The van der Waals surface area contributed by atoms with Crippen molar-refractivity contribution in [2.45, 2.75) is 25.6 Å². The molecular weight excluding hydrogens is 200 g/mol. The maximum atomic E-state index is 10.3. The normalized spacial score (nSPS) is 10.4. The second-order valence-electron chi connectivity index (χ2n) is 2.87. The third kappa shape index (κ3) is 3.41. The first-order chi connectivity index (χ1) is 6.74. The number of rotatable bonds is 6. The number of carboxylic acids is 1. The molecule has 0 amide bonds. The van der Waals surface area contributed by atoms with Crippen LogP contribution < -0.4 is 0 Å². The van der Waals surface area contributed by atoms with Gasteiger partial charge in [0.15, 0.2) is 0 Å². The van der Waals surface area contributed by atoms with E-state index in [2.05, 4.69) is 16.5 Å². The molecule has 0 radical (unpaired) electrons. The van der Waals surface area contributed by atoms with Gasteiger partial charge in [-0.15, -0.1) is 0 Å². The van der Waals surface area contributed by atoms with Gasteiger partial charge in [-0.1, -0.05) is 0 Å². The lowest BCUT2D eigenvalue weighted by Crippen LogP contribution is -1.99. The lowest BCUT2D eigenvalue weighted by Gasteiger charge is -2.03. The molecule has 14 heavy (non-hydrogen) atoms. The molecule has 0 fully saturated rings. The Morgan fingerprint density at radius 1 is 1.71 bits per heavy atom. The summed E-state index contributed by atoms with van der Waals surface area (Å²) in [5.74, 6) is 0.757. The van der Waals surface area contributed by atoms with Crippen LogP contribution in [-0.2, 0) is 17.1 Å². The van der Waals surface area contributed by atoms with Crippen molar-refractivity contribution in [1.29, 1.82) is 0 Å². The predicted octanol–water partition coefficient (Wildman–Crippen LogP) is 1.61. The molecule has 4 nitrogen and oxygen atoms in total. The van der Waals surface area contributed by atoms with Crippen molar-refractivity contribution in [3.05, 3.63) is 18.2 Å². The van der Waals surface area contributed by atoms with E-state index in [9.17, 15) is 4.79 Å². The van der Waals surface area contributed by atoms with E-state index < -0.39 is 5.97 Å². The highest BCUT2D eigenvalue weighted by atomic mass is 32.2. The number of thioether (sulfide) groups is 1. The Balaban J connectivity index is 2.27. The van der Waals surface area contributed by atoms with Gasteiger partial charge in [0.2, 0.25) is 0 Å². The van der Waals surface area contributed by atoms with Gasteiger partial charge in [-0.3, -0.25) is 4.79 Å². The Labute approximate surface area is 87.3 Å². The molecule has 0 saturated carbocycles. The lowest BCUT2D eigenvalue weighted by molar-refractivity contribution is -0.136. The fraction of sp³-hybridized carbons (Fsp3) is 0.556. The van der Waals surface area contributed by atoms with E-state index in [1.807, 2.05) is 6.20 Å². The average Bonchev–Trinajstić information content (AvgIpc) is 2.59. The maximum absolute atomic E-state index is 10.3. The van der Waals surface area contributed by atoms with Crippen LogP contribution in [0.4, 0.5) is 0 Å². The number of imidazole rings is 1. The molecule has 1 heterocycles. The Morgan fingerprint density at radius 3 is 3.14 bits per heavy atom. The third-order valence-corrected chi connectivity index (χ3v) is 2.84. The van der Waals surface area contributed by atoms with Crippen molar-refractivity contribution >= 4 is 17.7 Å². The number of hydrogen-bond acceptors (Lipinski definition) is 3. The van der Waals surface area contributed by atoms with Gasteiger partial charge in [0.25, 0.3) is 0 Å². The third-order valence-electron chi connectivity index (χ3n) is 1.85. The zero-order valence-corrected chi connectivity index (χ0v) is 8.96. The van der Waals surface area contributed by atoms with Crippen molar-refractivity contribution in [2.75, 3.05) is 5.75 Å². The molecule has 0 aliphatic rings. The van der Waals surface area contributed by atoms with E-state index in [1.165, 1.54) is 0 Å². The monoisotopic (exact) mass is 214 g/mol. The second kappa shape index (κ2) is 5.70. The van der Waals surface area contributed by atoms with Crippen LogP contribution in [0, 0.1) is 0 Å². The zero-order chi connectivity index (χ0) is 10.4. The van der Waals surface area contributed by atoms with Crippen molar-refractivity contribution in [1.82, 2.24) is 9.55 Å². The summed E-state index contributed by atoms with van der Waals surface area (Å²) in [6, 6.07) is 0. The van der Waals surface area contributed by atoms with Crippen molar-refractivity contribution in [3.8, 4) is 0 Å². The highest BCUT2D eigenvalue weighted by Gasteiger charge is 2.01. The maximum Gasteiger partial charge on any atom is 0.304 e. The number of carbonyl (C=O) groups is 1. The Hall–Kier alpha value is -0.970. The van der Waals surface area contributed by atoms with Gasteiger partial charge >= 0.3 is 5.97 Å². The summed E-state index contributed by atoms with van der Waals surface area (Å²) in [7, 11) is 0. The fourth-order valence-electron chi connectivity index (χ4n) is 1.09. The molecule has 0 aliphatic carbocycles. The van der Waals surface area contributed by atoms with Crippen molar-refractivity contribution in [3.63, 3.8) is 0 Å². The van der Waals surface area contributed by atoms with E-state index in [0.717, 1.165) is 18.0 Å². The molecule has 5 heteroatoms. The van der Waals surface area contributed by atoms with E-state index >= 15 is 0 Å². The molecule has 0 aliphatic heterocycles. The van der Waals surface area contributed by atoms with Crippen LogP contribution in [0.25, 0.3) is 0 Å². The molecule has 0 saturated heterocycles. The molecule has 1 N–H and O–H groups in total. The SMILES string of the molecule is CCn1cncc1CSCCC(=O)O. The smallest absolute Gasteiger partial charge is 0.304 e. The molecule has 0 aromatic carbocycles. The van der Waals surface area contributed by atoms with Gasteiger partial charge in [-0.05, 0) is 6.92 Å². The molecule has 0 unspecified atom stereocenters. The minimum absolute atomic E-state index is 0.227. The summed E-state index contributed by atoms with van der Waals surface area (Å²) in [5, 5.41) is 8.44. The molecule has 78 valence electrons. The minimum atomic E-state index is -0.735. The first-order valence-electron chi connectivity index (χ1n) is 4.52. The van der Waals surface area contributed by atoms with Crippen LogP contribution in [0.5, 0.6) is 0 Å². The van der Waals surface area contributed by atoms with Crippen molar-refractivity contribution < 1.29 is 9.90 Å². The number of aliphatic carboxylic acids is 1. The van der Waals surface area contributed by atoms with Crippen LogP contribution in [0.2, 0.25) is 0 Å². The van der Waals surface area contributed by atoms with E-state index in [1.54, 1.807) is 18.1 Å². The van der Waals surface area contributed by atoms with E-state index in [0.29, 0.717) is 5.75 Å². The van der Waals surface area contributed by atoms with Crippen LogP contribution in [0.15, 0.2) is 12.5 Å². The molecule has 0 bridgehead atoms. The summed E-state index contributed by atoms with van der Waals surface area (Å²) in [4.78, 5) is 14.3. The number of aryl methyl sites for hydroxylation is 1. The molecule has 1 rings (SSSR count). The second-order valence-corrected chi connectivity index (χ2v) is 3.97. The number of nitrogens with zero attached hydrogens (tertiary/aromatic N) is 2. The molecular formula is C9H14N2O2S. The van der Waals surface area contributed by atoms with Gasteiger partial charge < -0.3 is 9.67 Å². The Kier molecular flexibility index (Phi) is 4.52. The van der Waals surface area contributed by atoms with E-state index in [4.69, 9.17) is 5.11 Å². The summed E-state index contributed by atoms with van der Waals surface area (Å²) in [6.45, 7) is 2.97. The Bertz CT molecular complexity index is 299. The fourth-order valence-corrected chi connectivity index (χ4v) is 2.00. The molecule has 0 atom stereocenters. The largest absolute Gasteiger partial charge is 0.481 e. The highest BCUT2D eigenvalue weighted by molar-refractivity contribution is 7.98. The lowest BCUT2D eigenvalue weighted by atomic mass is 10.5. The summed E-state index contributed by atoms with van der Waals surface area (Å²) < 4.78 is 2.06. The standard InChI is InChI=1S/C9H14N2O2S/c1-2-11-7-10-5-8(11)6-14-4-3-9(12)13/h5,7H,2-4,6H2,1H3,(H,12,13). The van der Waals surface area contributed by atoms with Gasteiger partial charge in [0, 0.05) is 29.9 Å². The highest BCUT2D eigenvalue weighted by Crippen LogP contribution is 2.12. The van der Waals surface area contributed by atoms with Crippen LogP contribution >= 0.6 is 11.8 Å². The molecule has 1 aromatic rings. The van der Waals surface area contributed by atoms with Gasteiger partial charge in [0.1, 0.15) is 0 Å². The quantitative estimate of drug-likeness (QED) is 0.731. The van der Waals surface area contributed by atoms with Gasteiger partial charge in [-0.2, -0.15) is 11.8 Å². The Morgan fingerprint density at radius 2 is 2.50 bits per heavy atom. The summed E-state index contributed by atoms with van der Waals surface area (Å²) in [5.41, 5.74) is 1.16. The zero-order valence-electron chi connectivity index (χ0n) is 8.14.